The number of likely N-dealkylation sites (N-methyl/N-ethyl adjacent to an activating group) is 1. The molecule has 0 spiro atoms. The van der Waals surface area contributed by atoms with Crippen molar-refractivity contribution in [2.75, 3.05) is 18.9 Å². The molecule has 2 aromatic rings. The van der Waals surface area contributed by atoms with Crippen LogP contribution in [-0.2, 0) is 11.3 Å². The van der Waals surface area contributed by atoms with E-state index in [1.807, 2.05) is 25.2 Å². The molecule has 0 saturated carbocycles. The van der Waals surface area contributed by atoms with Crippen LogP contribution in [0.1, 0.15) is 16.7 Å². The molecule has 0 saturated heterocycles. The van der Waals surface area contributed by atoms with Gasteiger partial charge in [-0.3, -0.25) is 4.79 Å². The van der Waals surface area contributed by atoms with Crippen molar-refractivity contribution >= 4 is 23.2 Å². The lowest BCUT2D eigenvalue weighted by Gasteiger charge is -2.15. The Morgan fingerprint density at radius 2 is 2.04 bits per heavy atom. The zero-order chi connectivity index (χ0) is 16.8. The monoisotopic (exact) mass is 328 g/mol. The fourth-order valence-corrected chi connectivity index (χ4v) is 2.58. The molecule has 23 heavy (non-hydrogen) atoms. The van der Waals surface area contributed by atoms with Gasteiger partial charge in [-0.05, 0) is 30.7 Å². The van der Waals surface area contributed by atoms with Gasteiger partial charge in [0.1, 0.15) is 12.6 Å². The first-order valence-electron chi connectivity index (χ1n) is 7.35. The maximum absolute atomic E-state index is 12.1. The first-order valence-corrected chi connectivity index (χ1v) is 7.72. The molecule has 0 aliphatic heterocycles. The number of aryl methyl sites for hydroxylation is 1. The summed E-state index contributed by atoms with van der Waals surface area (Å²) < 4.78 is 0. The Bertz CT molecular complexity index is 752. The van der Waals surface area contributed by atoms with Crippen molar-refractivity contribution in [3.8, 4) is 6.07 Å². The van der Waals surface area contributed by atoms with Crippen molar-refractivity contribution in [2.45, 2.75) is 13.5 Å². The Balaban J connectivity index is 1.93. The number of halogens is 1. The van der Waals surface area contributed by atoms with E-state index in [1.165, 1.54) is 11.1 Å². The van der Waals surface area contributed by atoms with Crippen LogP contribution in [0, 0.1) is 18.3 Å². The second-order valence-electron chi connectivity index (χ2n) is 5.59. The number of nitriles is 1. The highest BCUT2D eigenvalue weighted by Crippen LogP contribution is 2.19. The number of amides is 1. The minimum atomic E-state index is -0.0862. The number of quaternary nitrogens is 1. The quantitative estimate of drug-likeness (QED) is 0.884. The number of rotatable bonds is 5. The summed E-state index contributed by atoms with van der Waals surface area (Å²) in [7, 11) is 1.98. The van der Waals surface area contributed by atoms with Crippen LogP contribution in [0.5, 0.6) is 0 Å². The highest BCUT2D eigenvalue weighted by molar-refractivity contribution is 6.32. The van der Waals surface area contributed by atoms with E-state index in [1.54, 1.807) is 18.2 Å². The van der Waals surface area contributed by atoms with Crippen molar-refractivity contribution < 1.29 is 9.69 Å². The van der Waals surface area contributed by atoms with Crippen LogP contribution in [0.3, 0.4) is 0 Å². The Hall–Kier alpha value is -2.35. The van der Waals surface area contributed by atoms with Gasteiger partial charge in [-0.2, -0.15) is 5.26 Å². The summed E-state index contributed by atoms with van der Waals surface area (Å²) >= 11 is 5.96. The van der Waals surface area contributed by atoms with Gasteiger partial charge in [0.05, 0.1) is 17.6 Å². The van der Waals surface area contributed by atoms with Crippen molar-refractivity contribution in [2.24, 2.45) is 0 Å². The first-order chi connectivity index (χ1) is 11.0. The van der Waals surface area contributed by atoms with Crippen molar-refractivity contribution in [1.82, 2.24) is 0 Å². The lowest BCUT2D eigenvalue weighted by Crippen LogP contribution is -3.08. The smallest absolute Gasteiger partial charge is 0.279 e. The number of hydrogen-bond donors (Lipinski definition) is 2. The molecular formula is C18H19ClN3O+. The summed E-state index contributed by atoms with van der Waals surface area (Å²) in [4.78, 5) is 13.2. The highest BCUT2D eigenvalue weighted by atomic mass is 35.5. The maximum atomic E-state index is 12.1. The summed E-state index contributed by atoms with van der Waals surface area (Å²) in [6, 6.07) is 15.0. The van der Waals surface area contributed by atoms with Crippen LogP contribution in [0.25, 0.3) is 0 Å². The number of benzene rings is 2. The predicted molar refractivity (Wildman–Crippen MR) is 91.4 cm³/mol. The van der Waals surface area contributed by atoms with Crippen LogP contribution in [0.2, 0.25) is 5.02 Å². The van der Waals surface area contributed by atoms with Gasteiger partial charge in [0.25, 0.3) is 5.91 Å². The molecular weight excluding hydrogens is 310 g/mol. The van der Waals surface area contributed by atoms with Gasteiger partial charge in [-0.1, -0.05) is 35.9 Å². The third-order valence-electron chi connectivity index (χ3n) is 3.59. The molecule has 2 N–H and O–H groups in total. The maximum Gasteiger partial charge on any atom is 0.279 e. The van der Waals surface area contributed by atoms with Gasteiger partial charge in [0, 0.05) is 11.3 Å². The van der Waals surface area contributed by atoms with E-state index in [-0.39, 0.29) is 5.91 Å². The Kier molecular flexibility index (Phi) is 5.75. The van der Waals surface area contributed by atoms with Crippen LogP contribution in [-0.4, -0.2) is 19.5 Å². The number of nitrogens with zero attached hydrogens (tertiary/aromatic N) is 1. The molecule has 1 unspecified atom stereocenters. The SMILES string of the molecule is Cc1ccccc1C[NH+](C)CC(=O)Nc1ccc(C#N)c(Cl)c1. The fraction of sp³-hybridized carbons (Fsp3) is 0.222. The van der Waals surface area contributed by atoms with E-state index in [2.05, 4.69) is 24.4 Å². The second-order valence-corrected chi connectivity index (χ2v) is 6.00. The lowest BCUT2D eigenvalue weighted by molar-refractivity contribution is -0.885. The molecule has 0 aliphatic rings. The van der Waals surface area contributed by atoms with Crippen molar-refractivity contribution in [1.29, 1.82) is 5.26 Å². The standard InChI is InChI=1S/C18H18ClN3O/c1-13-5-3-4-6-15(13)11-22(2)12-18(23)21-16-8-7-14(10-20)17(19)9-16/h3-9H,11-12H2,1-2H3,(H,21,23)/p+1. The van der Waals surface area contributed by atoms with Crippen molar-refractivity contribution in [3.63, 3.8) is 0 Å². The molecule has 2 aromatic carbocycles. The molecule has 1 amide bonds. The number of hydrogen-bond acceptors (Lipinski definition) is 2. The molecule has 0 aliphatic carbocycles. The lowest BCUT2D eigenvalue weighted by atomic mass is 10.1. The molecule has 0 fully saturated rings. The second kappa shape index (κ2) is 7.77. The van der Waals surface area contributed by atoms with Gasteiger partial charge < -0.3 is 10.2 Å². The normalized spacial score (nSPS) is 11.6. The average molecular weight is 329 g/mol. The fourth-order valence-electron chi connectivity index (χ4n) is 2.36. The Labute approximate surface area is 141 Å². The van der Waals surface area contributed by atoms with Gasteiger partial charge in [0.2, 0.25) is 0 Å². The van der Waals surface area contributed by atoms with Gasteiger partial charge in [-0.15, -0.1) is 0 Å². The number of carbonyl (C=O) groups excluding carboxylic acids is 1. The van der Waals surface area contributed by atoms with Crippen molar-refractivity contribution in [3.05, 3.63) is 64.2 Å². The van der Waals surface area contributed by atoms with E-state index in [9.17, 15) is 4.79 Å². The minimum Gasteiger partial charge on any atom is -0.326 e. The molecule has 0 heterocycles. The summed E-state index contributed by atoms with van der Waals surface area (Å²) in [5.74, 6) is -0.0862. The van der Waals surface area contributed by atoms with E-state index >= 15 is 0 Å². The molecule has 1 atom stereocenters. The van der Waals surface area contributed by atoms with Gasteiger partial charge in [-0.25, -0.2) is 0 Å². The zero-order valence-electron chi connectivity index (χ0n) is 13.2. The van der Waals surface area contributed by atoms with E-state index in [4.69, 9.17) is 16.9 Å². The number of nitrogens with one attached hydrogen (secondary N) is 2. The molecule has 2 rings (SSSR count). The van der Waals surface area contributed by atoms with Crippen LogP contribution in [0.4, 0.5) is 5.69 Å². The van der Waals surface area contributed by atoms with E-state index in [0.717, 1.165) is 11.4 Å². The predicted octanol–water partition coefficient (Wildman–Crippen LogP) is 2.17. The summed E-state index contributed by atoms with van der Waals surface area (Å²) in [6.45, 7) is 3.21. The van der Waals surface area contributed by atoms with Crippen LogP contribution < -0.4 is 10.2 Å². The molecule has 4 nitrogen and oxygen atoms in total. The summed E-state index contributed by atoms with van der Waals surface area (Å²) in [6.07, 6.45) is 0. The number of carbonyl (C=O) groups is 1. The molecule has 0 bridgehead atoms. The molecule has 118 valence electrons. The third-order valence-corrected chi connectivity index (χ3v) is 3.90. The summed E-state index contributed by atoms with van der Waals surface area (Å²) in [5, 5.41) is 12.0. The van der Waals surface area contributed by atoms with Gasteiger partial charge >= 0.3 is 0 Å². The largest absolute Gasteiger partial charge is 0.326 e. The van der Waals surface area contributed by atoms with Crippen LogP contribution in [0.15, 0.2) is 42.5 Å². The summed E-state index contributed by atoms with van der Waals surface area (Å²) in [5.41, 5.74) is 3.46. The Morgan fingerprint density at radius 1 is 1.30 bits per heavy atom. The topological polar surface area (TPSA) is 57.3 Å². The molecule has 5 heteroatoms. The molecule has 0 aromatic heterocycles. The number of anilines is 1. The zero-order valence-corrected chi connectivity index (χ0v) is 13.9. The van der Waals surface area contributed by atoms with E-state index in [0.29, 0.717) is 22.8 Å². The van der Waals surface area contributed by atoms with Crippen LogP contribution >= 0.6 is 11.6 Å². The minimum absolute atomic E-state index is 0.0862. The first kappa shape index (κ1) is 17.0. The van der Waals surface area contributed by atoms with Gasteiger partial charge in [0.15, 0.2) is 6.54 Å². The van der Waals surface area contributed by atoms with E-state index < -0.39 is 0 Å². The average Bonchev–Trinajstić information content (AvgIpc) is 2.49. The Morgan fingerprint density at radius 3 is 2.70 bits per heavy atom. The third kappa shape index (κ3) is 4.82. The molecule has 0 radical (unpaired) electrons. The highest BCUT2D eigenvalue weighted by Gasteiger charge is 2.12.